The monoisotopic (exact) mass is 752 g/mol. The van der Waals surface area contributed by atoms with Gasteiger partial charge in [-0.2, -0.15) is 0 Å². The summed E-state index contributed by atoms with van der Waals surface area (Å²) < 4.78 is 15.4. The van der Waals surface area contributed by atoms with Gasteiger partial charge >= 0.3 is 12.2 Å². The van der Waals surface area contributed by atoms with Crippen LogP contribution in [-0.4, -0.2) is 106 Å². The highest BCUT2D eigenvalue weighted by atomic mass is 16.5. The van der Waals surface area contributed by atoms with Crippen LogP contribution in [0.25, 0.3) is 33.6 Å². The maximum absolute atomic E-state index is 13.4. The minimum absolute atomic E-state index is 0.0556. The lowest BCUT2D eigenvalue weighted by Gasteiger charge is -2.41. The molecule has 3 aliphatic heterocycles. The van der Waals surface area contributed by atoms with Crippen LogP contribution in [0.5, 0.6) is 0 Å². The highest BCUT2D eigenvalue weighted by molar-refractivity contribution is 5.88. The number of aromatic nitrogens is 4. The second-order valence-electron chi connectivity index (χ2n) is 14.2. The third kappa shape index (κ3) is 8.51. The number of likely N-dealkylation sites (tertiary alicyclic amines) is 2. The number of carbonyl (C=O) groups excluding carboxylic acids is 4. The molecule has 0 unspecified atom stereocenters. The van der Waals surface area contributed by atoms with Crippen molar-refractivity contribution in [3.05, 3.63) is 72.6 Å². The van der Waals surface area contributed by atoms with Crippen LogP contribution in [0.15, 0.2) is 60.9 Å². The molecular weight excluding hydrogens is 704 g/mol. The van der Waals surface area contributed by atoms with Crippen LogP contribution in [0.1, 0.15) is 75.1 Å². The van der Waals surface area contributed by atoms with Gasteiger partial charge in [0.15, 0.2) is 0 Å². The fraction of sp³-hybridized carbons (Fsp3) is 0.450. The van der Waals surface area contributed by atoms with E-state index in [9.17, 15) is 19.2 Å². The first kappa shape index (κ1) is 37.6. The van der Waals surface area contributed by atoms with Crippen LogP contribution >= 0.6 is 0 Å². The average molecular weight is 753 g/mol. The Morgan fingerprint density at radius 1 is 0.727 bits per heavy atom. The molecular formula is C40H48N8O7. The normalized spacial score (nSPS) is 22.1. The number of hydrogen-bond acceptors (Lipinski definition) is 9. The van der Waals surface area contributed by atoms with Gasteiger partial charge in [0, 0.05) is 26.3 Å². The number of hydrogen-bond donors (Lipinski definition) is 4. The number of nitrogens with zero attached hydrogens (tertiary/aromatic N) is 4. The molecule has 7 rings (SSSR count). The van der Waals surface area contributed by atoms with Crippen molar-refractivity contribution in [1.29, 1.82) is 0 Å². The first-order valence-corrected chi connectivity index (χ1v) is 19.0. The number of carbonyl (C=O) groups is 4. The highest BCUT2D eigenvalue weighted by Crippen LogP contribution is 2.35. The lowest BCUT2D eigenvalue weighted by atomic mass is 10.0. The zero-order valence-electron chi connectivity index (χ0n) is 31.2. The molecule has 15 heteroatoms. The number of benzene rings is 2. The van der Waals surface area contributed by atoms with Gasteiger partial charge in [-0.1, -0.05) is 61.4 Å². The second kappa shape index (κ2) is 17.2. The molecule has 2 aromatic heterocycles. The highest BCUT2D eigenvalue weighted by Gasteiger charge is 2.44. The van der Waals surface area contributed by atoms with Gasteiger partial charge in [-0.3, -0.25) is 14.5 Å². The molecule has 3 aliphatic rings. The van der Waals surface area contributed by atoms with Gasteiger partial charge in [-0.15, -0.1) is 0 Å². The third-order valence-electron chi connectivity index (χ3n) is 10.8. The minimum Gasteiger partial charge on any atom is -0.453 e. The number of H-pyrrole nitrogens is 2. The third-order valence-corrected chi connectivity index (χ3v) is 10.8. The SMILES string of the molecule is COC(=O)N[C@H]1CCCCCOCC[C@@H](c2ncc(-c3ccc(-c4ccc(-c5cnc([C@@H]6CCCN6C(=O)[C@@H]6CCN6C(=O)OC)[nH]5)cc4)cc3)[nH]2)NC1=O. The average Bonchev–Trinajstić information content (AvgIpc) is 3.99. The number of rotatable bonds is 7. The summed E-state index contributed by atoms with van der Waals surface area (Å²) in [5.41, 5.74) is 5.70. The van der Waals surface area contributed by atoms with Crippen molar-refractivity contribution < 1.29 is 33.4 Å². The van der Waals surface area contributed by atoms with Crippen LogP contribution in [-0.2, 0) is 23.8 Å². The van der Waals surface area contributed by atoms with E-state index in [1.165, 1.54) is 19.1 Å². The Hall–Kier alpha value is -5.70. The molecule has 5 heterocycles. The lowest BCUT2D eigenvalue weighted by Crippen LogP contribution is -2.58. The van der Waals surface area contributed by atoms with E-state index in [4.69, 9.17) is 14.2 Å². The summed E-state index contributed by atoms with van der Waals surface area (Å²) in [6, 6.07) is 14.6. The van der Waals surface area contributed by atoms with Crippen molar-refractivity contribution in [3.63, 3.8) is 0 Å². The van der Waals surface area contributed by atoms with Crippen LogP contribution in [0.3, 0.4) is 0 Å². The minimum atomic E-state index is -0.705. The van der Waals surface area contributed by atoms with Crippen molar-refractivity contribution in [2.45, 2.75) is 75.5 Å². The Bertz CT molecular complexity index is 1960. The Morgan fingerprint density at radius 2 is 1.38 bits per heavy atom. The number of imidazole rings is 2. The Morgan fingerprint density at radius 3 is 2.02 bits per heavy atom. The molecule has 3 saturated heterocycles. The predicted molar refractivity (Wildman–Crippen MR) is 202 cm³/mol. The molecule has 3 fully saturated rings. The number of alkyl carbamates (subject to hydrolysis) is 1. The number of nitrogens with one attached hydrogen (secondary N) is 4. The van der Waals surface area contributed by atoms with Crippen molar-refractivity contribution in [1.82, 2.24) is 40.4 Å². The predicted octanol–water partition coefficient (Wildman–Crippen LogP) is 5.50. The van der Waals surface area contributed by atoms with E-state index >= 15 is 0 Å². The van der Waals surface area contributed by atoms with E-state index in [-0.39, 0.29) is 17.9 Å². The second-order valence-corrected chi connectivity index (χ2v) is 14.2. The quantitative estimate of drug-likeness (QED) is 0.189. The zero-order valence-corrected chi connectivity index (χ0v) is 31.2. The van der Waals surface area contributed by atoms with Gasteiger partial charge in [-0.05, 0) is 60.8 Å². The van der Waals surface area contributed by atoms with Gasteiger partial charge in [0.1, 0.15) is 23.7 Å². The summed E-state index contributed by atoms with van der Waals surface area (Å²) in [7, 11) is 2.62. The largest absolute Gasteiger partial charge is 0.453 e. The first-order chi connectivity index (χ1) is 26.8. The van der Waals surface area contributed by atoms with Crippen molar-refractivity contribution in [2.24, 2.45) is 0 Å². The smallest absolute Gasteiger partial charge is 0.410 e. The molecule has 290 valence electrons. The molecule has 4 atom stereocenters. The maximum Gasteiger partial charge on any atom is 0.410 e. The van der Waals surface area contributed by atoms with Gasteiger partial charge in [0.25, 0.3) is 0 Å². The molecule has 0 spiro atoms. The molecule has 0 saturated carbocycles. The van der Waals surface area contributed by atoms with Gasteiger partial charge in [0.05, 0.1) is 50.1 Å². The topological polar surface area (TPSA) is 184 Å². The molecule has 0 bridgehead atoms. The van der Waals surface area contributed by atoms with Crippen LogP contribution in [0, 0.1) is 0 Å². The number of aromatic amines is 2. The van der Waals surface area contributed by atoms with E-state index in [1.54, 1.807) is 12.4 Å². The first-order valence-electron chi connectivity index (χ1n) is 19.0. The van der Waals surface area contributed by atoms with Crippen molar-refractivity contribution in [2.75, 3.05) is 40.5 Å². The molecule has 4 N–H and O–H groups in total. The van der Waals surface area contributed by atoms with E-state index in [0.29, 0.717) is 51.4 Å². The molecule has 0 radical (unpaired) electrons. The Balaban J connectivity index is 0.993. The van der Waals surface area contributed by atoms with Crippen LogP contribution < -0.4 is 10.6 Å². The van der Waals surface area contributed by atoms with Gasteiger partial charge in [-0.25, -0.2) is 19.6 Å². The van der Waals surface area contributed by atoms with E-state index < -0.39 is 30.3 Å². The van der Waals surface area contributed by atoms with Crippen LogP contribution in [0.4, 0.5) is 9.59 Å². The zero-order chi connectivity index (χ0) is 38.3. The summed E-state index contributed by atoms with van der Waals surface area (Å²) >= 11 is 0. The summed E-state index contributed by atoms with van der Waals surface area (Å²) in [6.07, 6.45) is 8.37. The van der Waals surface area contributed by atoms with Crippen molar-refractivity contribution in [3.8, 4) is 33.6 Å². The Labute approximate surface area is 319 Å². The van der Waals surface area contributed by atoms with Crippen molar-refractivity contribution >= 4 is 24.0 Å². The molecule has 4 amide bonds. The fourth-order valence-electron chi connectivity index (χ4n) is 7.54. The van der Waals surface area contributed by atoms with Gasteiger partial charge in [0.2, 0.25) is 11.8 Å². The van der Waals surface area contributed by atoms with Gasteiger partial charge < -0.3 is 39.7 Å². The lowest BCUT2D eigenvalue weighted by molar-refractivity contribution is -0.141. The molecule has 2 aromatic carbocycles. The van der Waals surface area contributed by atoms with Crippen LogP contribution in [0.2, 0.25) is 0 Å². The summed E-state index contributed by atoms with van der Waals surface area (Å²) in [6.45, 7) is 2.26. The Kier molecular flexibility index (Phi) is 11.8. The standard InChI is InChI=1S/C40H48N8O7/c1-53-39(51)46-30-7-4-3-5-21-55-22-18-29(45-37(30)49)35-41-23-31(43-35)27-13-9-25(10-14-27)26-11-15-28(16-12-26)32-24-42-36(44-32)33-8-6-19-47(33)38(50)34-17-20-48(34)40(52)54-2/h9-16,23-24,29-30,33-34H,3-8,17-22H2,1-2H3,(H,41,43)(H,42,44)(H,45,49)(H,46,51)/t29-,30-,33-,34-/m0/s1. The summed E-state index contributed by atoms with van der Waals surface area (Å²) in [5, 5.41) is 5.73. The maximum atomic E-state index is 13.4. The number of methoxy groups -OCH3 is 2. The molecule has 0 aliphatic carbocycles. The summed E-state index contributed by atoms with van der Waals surface area (Å²) in [4.78, 5) is 70.1. The molecule has 55 heavy (non-hydrogen) atoms. The fourth-order valence-corrected chi connectivity index (χ4v) is 7.54. The van der Waals surface area contributed by atoms with E-state index in [0.717, 1.165) is 71.6 Å². The number of ether oxygens (including phenoxy) is 3. The van der Waals surface area contributed by atoms with E-state index in [1.807, 2.05) is 29.2 Å². The number of amides is 4. The molecule has 4 aromatic rings. The van der Waals surface area contributed by atoms with E-state index in [2.05, 4.69) is 54.8 Å². The summed E-state index contributed by atoms with van der Waals surface area (Å²) in [5.74, 6) is 1.01. The molecule has 15 nitrogen and oxygen atoms in total.